The third-order valence-corrected chi connectivity index (χ3v) is 4.07. The Morgan fingerprint density at radius 3 is 2.29 bits per heavy atom. The van der Waals surface area contributed by atoms with Gasteiger partial charge in [0, 0.05) is 5.54 Å². The quantitative estimate of drug-likeness (QED) is 0.833. The summed E-state index contributed by atoms with van der Waals surface area (Å²) >= 11 is 0. The summed E-state index contributed by atoms with van der Waals surface area (Å²) in [7, 11) is 0. The third-order valence-electron chi connectivity index (χ3n) is 4.07. The van der Waals surface area contributed by atoms with Crippen molar-refractivity contribution in [1.29, 1.82) is 0 Å². The van der Waals surface area contributed by atoms with Gasteiger partial charge in [-0.2, -0.15) is 0 Å². The van der Waals surface area contributed by atoms with E-state index in [0.29, 0.717) is 5.92 Å². The second-order valence-corrected chi connectivity index (χ2v) is 6.15. The molecule has 0 aromatic heterocycles. The molecule has 0 radical (unpaired) electrons. The van der Waals surface area contributed by atoms with E-state index in [0.717, 1.165) is 5.92 Å². The second-order valence-electron chi connectivity index (χ2n) is 6.15. The van der Waals surface area contributed by atoms with Crippen molar-refractivity contribution in [3.05, 3.63) is 35.9 Å². The fourth-order valence-corrected chi connectivity index (χ4v) is 3.27. The molecular weight excluding hydrogens is 206 g/mol. The average Bonchev–Trinajstić information content (AvgIpc) is 2.29. The van der Waals surface area contributed by atoms with Crippen LogP contribution in [0, 0.1) is 5.92 Å². The van der Waals surface area contributed by atoms with E-state index in [2.05, 4.69) is 44.2 Å². The molecule has 94 valence electrons. The van der Waals surface area contributed by atoms with Gasteiger partial charge >= 0.3 is 0 Å². The largest absolute Gasteiger partial charge is 0.325 e. The Morgan fingerprint density at radius 2 is 1.76 bits per heavy atom. The maximum Gasteiger partial charge on any atom is 0.0157 e. The molecule has 17 heavy (non-hydrogen) atoms. The Hall–Kier alpha value is -0.820. The topological polar surface area (TPSA) is 26.0 Å². The van der Waals surface area contributed by atoms with E-state index in [9.17, 15) is 0 Å². The molecule has 1 aromatic rings. The van der Waals surface area contributed by atoms with Crippen LogP contribution in [0.1, 0.15) is 57.4 Å². The van der Waals surface area contributed by atoms with E-state index in [1.165, 1.54) is 37.7 Å². The van der Waals surface area contributed by atoms with Crippen LogP contribution in [0.25, 0.3) is 0 Å². The van der Waals surface area contributed by atoms with Gasteiger partial charge in [-0.3, -0.25) is 0 Å². The lowest BCUT2D eigenvalue weighted by Crippen LogP contribution is -2.44. The van der Waals surface area contributed by atoms with Crippen molar-refractivity contribution >= 4 is 0 Å². The van der Waals surface area contributed by atoms with Crippen molar-refractivity contribution in [3.63, 3.8) is 0 Å². The summed E-state index contributed by atoms with van der Waals surface area (Å²) in [5, 5.41) is 0. The lowest BCUT2D eigenvalue weighted by Gasteiger charge is -2.38. The van der Waals surface area contributed by atoms with Crippen molar-refractivity contribution in [2.45, 2.75) is 57.4 Å². The van der Waals surface area contributed by atoms with Gasteiger partial charge in [0.15, 0.2) is 0 Å². The zero-order chi connectivity index (χ0) is 12.3. The molecule has 1 aromatic carbocycles. The molecule has 2 N–H and O–H groups in total. The predicted octanol–water partition coefficient (Wildman–Crippen LogP) is 4.09. The summed E-state index contributed by atoms with van der Waals surface area (Å²) in [5.74, 6) is 1.45. The summed E-state index contributed by atoms with van der Waals surface area (Å²) in [6.45, 7) is 4.55. The van der Waals surface area contributed by atoms with Gasteiger partial charge < -0.3 is 5.73 Å². The molecule has 1 aliphatic rings. The molecule has 0 spiro atoms. The highest BCUT2D eigenvalue weighted by molar-refractivity contribution is 5.20. The van der Waals surface area contributed by atoms with Crippen LogP contribution in [0.3, 0.4) is 0 Å². The van der Waals surface area contributed by atoms with Crippen LogP contribution < -0.4 is 5.73 Å². The molecule has 0 aliphatic heterocycles. The van der Waals surface area contributed by atoms with Crippen LogP contribution in [0.5, 0.6) is 0 Å². The zero-order valence-electron chi connectivity index (χ0n) is 11.2. The summed E-state index contributed by atoms with van der Waals surface area (Å²) in [6.07, 6.45) is 6.06. The van der Waals surface area contributed by atoms with Gasteiger partial charge in [0.05, 0.1) is 0 Å². The minimum atomic E-state index is 0.111. The first-order valence-corrected chi connectivity index (χ1v) is 6.93. The van der Waals surface area contributed by atoms with E-state index in [1.807, 2.05) is 0 Å². The Bertz CT molecular complexity index is 334. The second kappa shape index (κ2) is 5.22. The van der Waals surface area contributed by atoms with Crippen molar-refractivity contribution < 1.29 is 0 Å². The highest BCUT2D eigenvalue weighted by atomic mass is 14.7. The van der Waals surface area contributed by atoms with E-state index in [1.54, 1.807) is 0 Å². The fourth-order valence-electron chi connectivity index (χ4n) is 3.27. The maximum atomic E-state index is 6.50. The SMILES string of the molecule is CC(C)CC1(N)CCC(c2ccccc2)CC1. The van der Waals surface area contributed by atoms with Crippen LogP contribution in [0.2, 0.25) is 0 Å². The number of nitrogens with two attached hydrogens (primary N) is 1. The smallest absolute Gasteiger partial charge is 0.0157 e. The van der Waals surface area contributed by atoms with Crippen molar-refractivity contribution in [3.8, 4) is 0 Å². The molecule has 1 heteroatoms. The van der Waals surface area contributed by atoms with E-state index in [4.69, 9.17) is 5.73 Å². The fraction of sp³-hybridized carbons (Fsp3) is 0.625. The lowest BCUT2D eigenvalue weighted by atomic mass is 9.71. The van der Waals surface area contributed by atoms with Crippen LogP contribution in [-0.2, 0) is 0 Å². The molecule has 0 unspecified atom stereocenters. The molecule has 1 nitrogen and oxygen atoms in total. The van der Waals surface area contributed by atoms with Crippen molar-refractivity contribution in [1.82, 2.24) is 0 Å². The number of rotatable bonds is 3. The van der Waals surface area contributed by atoms with Crippen LogP contribution in [0.15, 0.2) is 30.3 Å². The Kier molecular flexibility index (Phi) is 3.88. The number of hydrogen-bond acceptors (Lipinski definition) is 1. The number of benzene rings is 1. The van der Waals surface area contributed by atoms with Gasteiger partial charge in [-0.1, -0.05) is 44.2 Å². The van der Waals surface area contributed by atoms with E-state index < -0.39 is 0 Å². The first-order valence-electron chi connectivity index (χ1n) is 6.93. The van der Waals surface area contributed by atoms with Gasteiger partial charge in [-0.25, -0.2) is 0 Å². The summed E-state index contributed by atoms with van der Waals surface area (Å²) < 4.78 is 0. The minimum Gasteiger partial charge on any atom is -0.325 e. The summed E-state index contributed by atoms with van der Waals surface area (Å²) in [4.78, 5) is 0. The average molecular weight is 231 g/mol. The van der Waals surface area contributed by atoms with Gasteiger partial charge in [0.2, 0.25) is 0 Å². The Morgan fingerprint density at radius 1 is 1.18 bits per heavy atom. The molecule has 2 rings (SSSR count). The van der Waals surface area contributed by atoms with Crippen molar-refractivity contribution in [2.75, 3.05) is 0 Å². The Labute approximate surface area is 105 Å². The van der Waals surface area contributed by atoms with Gasteiger partial charge in [-0.15, -0.1) is 0 Å². The monoisotopic (exact) mass is 231 g/mol. The first-order chi connectivity index (χ1) is 8.09. The van der Waals surface area contributed by atoms with Gasteiger partial charge in [-0.05, 0) is 49.5 Å². The molecule has 0 amide bonds. The van der Waals surface area contributed by atoms with Crippen LogP contribution in [-0.4, -0.2) is 5.54 Å². The van der Waals surface area contributed by atoms with Crippen LogP contribution >= 0.6 is 0 Å². The zero-order valence-corrected chi connectivity index (χ0v) is 11.2. The molecule has 1 fully saturated rings. The number of hydrogen-bond donors (Lipinski definition) is 1. The summed E-state index contributed by atoms with van der Waals surface area (Å²) in [6, 6.07) is 10.9. The molecule has 0 heterocycles. The van der Waals surface area contributed by atoms with Crippen molar-refractivity contribution in [2.24, 2.45) is 11.7 Å². The molecule has 0 bridgehead atoms. The molecule has 0 saturated heterocycles. The standard InChI is InChI=1S/C16H25N/c1-13(2)12-16(17)10-8-15(9-11-16)14-6-4-3-5-7-14/h3-7,13,15H,8-12,17H2,1-2H3. The first kappa shape index (κ1) is 12.6. The highest BCUT2D eigenvalue weighted by Gasteiger charge is 2.32. The highest BCUT2D eigenvalue weighted by Crippen LogP contribution is 2.39. The molecule has 1 saturated carbocycles. The lowest BCUT2D eigenvalue weighted by molar-refractivity contribution is 0.233. The van der Waals surface area contributed by atoms with E-state index >= 15 is 0 Å². The molecule has 1 aliphatic carbocycles. The van der Waals surface area contributed by atoms with Gasteiger partial charge in [0.1, 0.15) is 0 Å². The Balaban J connectivity index is 1.94. The summed E-state index contributed by atoms with van der Waals surface area (Å²) in [5.41, 5.74) is 8.11. The molecular formula is C16H25N. The van der Waals surface area contributed by atoms with Gasteiger partial charge in [0.25, 0.3) is 0 Å². The predicted molar refractivity (Wildman–Crippen MR) is 74.0 cm³/mol. The normalized spacial score (nSPS) is 29.5. The third kappa shape index (κ3) is 3.32. The minimum absolute atomic E-state index is 0.111. The van der Waals surface area contributed by atoms with E-state index in [-0.39, 0.29) is 5.54 Å². The molecule has 0 atom stereocenters. The maximum absolute atomic E-state index is 6.50. The van der Waals surface area contributed by atoms with Crippen LogP contribution in [0.4, 0.5) is 0 Å².